The van der Waals surface area contributed by atoms with Crippen molar-refractivity contribution in [3.8, 4) is 5.69 Å². The van der Waals surface area contributed by atoms with E-state index in [0.717, 1.165) is 28.8 Å². The third-order valence-electron chi connectivity index (χ3n) is 2.72. The molecule has 2 heterocycles. The molecule has 0 atom stereocenters. The van der Waals surface area contributed by atoms with Crippen LogP contribution in [0, 0.1) is 0 Å². The molecular formula is C12H9BrN2O2. The van der Waals surface area contributed by atoms with Gasteiger partial charge in [-0.3, -0.25) is 0 Å². The standard InChI is InChI=1S/C12H9BrN2O2/c13-11-6-5-8(7-14-11)15-9-3-1-2-4-10(9)17-12(15)16/h2,4-7H,1,3H2. The molecule has 1 aliphatic carbocycles. The quantitative estimate of drug-likeness (QED) is 0.759. The van der Waals surface area contributed by atoms with E-state index in [1.165, 1.54) is 0 Å². The number of nitrogens with zero attached hydrogens (tertiary/aromatic N) is 2. The molecule has 0 amide bonds. The molecule has 0 saturated heterocycles. The van der Waals surface area contributed by atoms with Gasteiger partial charge >= 0.3 is 5.76 Å². The Kier molecular flexibility index (Phi) is 2.48. The van der Waals surface area contributed by atoms with Crippen molar-refractivity contribution >= 4 is 22.0 Å². The van der Waals surface area contributed by atoms with Crippen molar-refractivity contribution in [3.05, 3.63) is 51.0 Å². The number of hydrogen-bond donors (Lipinski definition) is 0. The summed E-state index contributed by atoms with van der Waals surface area (Å²) in [5, 5.41) is 0. The molecule has 2 aromatic rings. The number of halogens is 1. The van der Waals surface area contributed by atoms with Gasteiger partial charge in [-0.25, -0.2) is 14.3 Å². The van der Waals surface area contributed by atoms with Crippen LogP contribution in [0.5, 0.6) is 0 Å². The van der Waals surface area contributed by atoms with Crippen LogP contribution < -0.4 is 5.76 Å². The SMILES string of the molecule is O=c1oc2c(n1-c1ccc(Br)nc1)CCC=C2. The number of aromatic nitrogens is 2. The predicted octanol–water partition coefficient (Wildman–Crippen LogP) is 2.55. The van der Waals surface area contributed by atoms with Crippen LogP contribution in [-0.2, 0) is 6.42 Å². The van der Waals surface area contributed by atoms with Crippen LogP contribution in [-0.4, -0.2) is 9.55 Å². The molecule has 17 heavy (non-hydrogen) atoms. The number of hydrogen-bond acceptors (Lipinski definition) is 3. The highest BCUT2D eigenvalue weighted by Gasteiger charge is 2.17. The van der Waals surface area contributed by atoms with Gasteiger partial charge in [0.15, 0.2) is 5.76 Å². The Balaban J connectivity index is 2.21. The van der Waals surface area contributed by atoms with Crippen molar-refractivity contribution < 1.29 is 4.42 Å². The molecule has 2 aromatic heterocycles. The second-order valence-electron chi connectivity index (χ2n) is 3.79. The van der Waals surface area contributed by atoms with Gasteiger partial charge in [-0.15, -0.1) is 0 Å². The van der Waals surface area contributed by atoms with Crippen molar-refractivity contribution in [2.45, 2.75) is 12.8 Å². The van der Waals surface area contributed by atoms with E-state index in [1.54, 1.807) is 16.8 Å². The van der Waals surface area contributed by atoms with Gasteiger partial charge in [0.25, 0.3) is 0 Å². The molecular weight excluding hydrogens is 284 g/mol. The van der Waals surface area contributed by atoms with E-state index in [4.69, 9.17) is 4.42 Å². The van der Waals surface area contributed by atoms with Gasteiger partial charge in [-0.2, -0.15) is 0 Å². The fourth-order valence-corrected chi connectivity index (χ4v) is 2.19. The Morgan fingerprint density at radius 1 is 1.41 bits per heavy atom. The zero-order valence-electron chi connectivity index (χ0n) is 8.89. The van der Waals surface area contributed by atoms with Crippen LogP contribution in [0.3, 0.4) is 0 Å². The lowest BCUT2D eigenvalue weighted by atomic mass is 10.1. The van der Waals surface area contributed by atoms with Crippen LogP contribution in [0.4, 0.5) is 0 Å². The van der Waals surface area contributed by atoms with Crippen LogP contribution >= 0.6 is 15.9 Å². The first-order chi connectivity index (χ1) is 8.25. The van der Waals surface area contributed by atoms with E-state index < -0.39 is 0 Å². The maximum absolute atomic E-state index is 11.8. The summed E-state index contributed by atoms with van der Waals surface area (Å²) >= 11 is 3.27. The lowest BCUT2D eigenvalue weighted by molar-refractivity contribution is 0.495. The summed E-state index contributed by atoms with van der Waals surface area (Å²) in [6.45, 7) is 0. The second-order valence-corrected chi connectivity index (χ2v) is 4.61. The average molecular weight is 293 g/mol. The minimum atomic E-state index is -0.356. The molecule has 4 nitrogen and oxygen atoms in total. The highest BCUT2D eigenvalue weighted by molar-refractivity contribution is 9.10. The van der Waals surface area contributed by atoms with Crippen molar-refractivity contribution in [1.29, 1.82) is 0 Å². The third-order valence-corrected chi connectivity index (χ3v) is 3.19. The molecule has 0 radical (unpaired) electrons. The van der Waals surface area contributed by atoms with Crippen LogP contribution in [0.2, 0.25) is 0 Å². The predicted molar refractivity (Wildman–Crippen MR) is 67.2 cm³/mol. The van der Waals surface area contributed by atoms with Gasteiger partial charge < -0.3 is 4.42 Å². The topological polar surface area (TPSA) is 48.0 Å². The summed E-state index contributed by atoms with van der Waals surface area (Å²) in [5.74, 6) is 0.301. The normalized spacial score (nSPS) is 13.7. The van der Waals surface area contributed by atoms with Gasteiger partial charge in [0, 0.05) is 0 Å². The largest absolute Gasteiger partial charge is 0.424 e. The van der Waals surface area contributed by atoms with E-state index in [-0.39, 0.29) is 5.76 Å². The van der Waals surface area contributed by atoms with Crippen molar-refractivity contribution in [2.24, 2.45) is 0 Å². The molecule has 3 rings (SSSR count). The molecule has 0 N–H and O–H groups in total. The molecule has 1 aliphatic rings. The molecule has 0 fully saturated rings. The van der Waals surface area contributed by atoms with Gasteiger partial charge in [0.2, 0.25) is 0 Å². The van der Waals surface area contributed by atoms with E-state index in [0.29, 0.717) is 5.76 Å². The van der Waals surface area contributed by atoms with E-state index in [1.807, 2.05) is 18.2 Å². The maximum Gasteiger partial charge on any atom is 0.424 e. The molecule has 0 saturated carbocycles. The van der Waals surface area contributed by atoms with E-state index in [2.05, 4.69) is 20.9 Å². The summed E-state index contributed by atoms with van der Waals surface area (Å²) in [5.41, 5.74) is 1.65. The second kappa shape index (κ2) is 4.00. The summed E-state index contributed by atoms with van der Waals surface area (Å²) in [7, 11) is 0. The Labute approximate surface area is 106 Å². The first-order valence-corrected chi connectivity index (χ1v) is 6.08. The lowest BCUT2D eigenvalue weighted by Crippen LogP contribution is -2.15. The van der Waals surface area contributed by atoms with Gasteiger partial charge in [0.05, 0.1) is 17.6 Å². The molecule has 0 spiro atoms. The monoisotopic (exact) mass is 292 g/mol. The van der Waals surface area contributed by atoms with Crippen molar-refractivity contribution in [3.63, 3.8) is 0 Å². The first-order valence-electron chi connectivity index (χ1n) is 5.29. The molecule has 0 aromatic carbocycles. The minimum absolute atomic E-state index is 0.356. The Hall–Kier alpha value is -1.62. The summed E-state index contributed by atoms with van der Waals surface area (Å²) < 4.78 is 7.53. The van der Waals surface area contributed by atoms with Gasteiger partial charge in [-0.1, -0.05) is 6.08 Å². The molecule has 5 heteroatoms. The molecule has 86 valence electrons. The fraction of sp³-hybridized carbons (Fsp3) is 0.167. The highest BCUT2D eigenvalue weighted by atomic mass is 79.9. The van der Waals surface area contributed by atoms with Crippen LogP contribution in [0.25, 0.3) is 11.8 Å². The zero-order valence-corrected chi connectivity index (χ0v) is 10.5. The number of rotatable bonds is 1. The van der Waals surface area contributed by atoms with Gasteiger partial charge in [0.1, 0.15) is 4.60 Å². The highest BCUT2D eigenvalue weighted by Crippen LogP contribution is 2.21. The van der Waals surface area contributed by atoms with Gasteiger partial charge in [-0.05, 0) is 47.0 Å². The Morgan fingerprint density at radius 2 is 2.29 bits per heavy atom. The number of pyridine rings is 1. The van der Waals surface area contributed by atoms with Crippen LogP contribution in [0.15, 0.2) is 38.2 Å². The average Bonchev–Trinajstić information content (AvgIpc) is 2.66. The van der Waals surface area contributed by atoms with E-state index >= 15 is 0 Å². The first kappa shape index (κ1) is 10.5. The Morgan fingerprint density at radius 3 is 3.06 bits per heavy atom. The van der Waals surface area contributed by atoms with Crippen molar-refractivity contribution in [2.75, 3.05) is 0 Å². The summed E-state index contributed by atoms with van der Waals surface area (Å²) in [4.78, 5) is 15.9. The van der Waals surface area contributed by atoms with E-state index in [9.17, 15) is 4.79 Å². The molecule has 0 aliphatic heterocycles. The number of fused-ring (bicyclic) bond motifs is 1. The maximum atomic E-state index is 11.8. The summed E-state index contributed by atoms with van der Waals surface area (Å²) in [6.07, 6.45) is 7.25. The third kappa shape index (κ3) is 1.76. The Bertz CT molecular complexity index is 638. The number of oxazole rings is 1. The molecule has 0 unspecified atom stereocenters. The van der Waals surface area contributed by atoms with Crippen LogP contribution in [0.1, 0.15) is 17.9 Å². The zero-order chi connectivity index (χ0) is 11.8. The lowest BCUT2D eigenvalue weighted by Gasteiger charge is -2.07. The summed E-state index contributed by atoms with van der Waals surface area (Å²) in [6, 6.07) is 3.65. The smallest absolute Gasteiger partial charge is 0.408 e. The van der Waals surface area contributed by atoms with Crippen molar-refractivity contribution in [1.82, 2.24) is 9.55 Å². The molecule has 0 bridgehead atoms. The number of allylic oxidation sites excluding steroid dienone is 1. The minimum Gasteiger partial charge on any atom is -0.408 e. The fourth-order valence-electron chi connectivity index (χ4n) is 1.96.